The molecule has 2 bridgehead atoms. The van der Waals surface area contributed by atoms with Crippen LogP contribution in [0.15, 0.2) is 73.8 Å². The zero-order valence-electron chi connectivity index (χ0n) is 30.6. The number of ether oxygens (including phenoxy) is 3. The first-order chi connectivity index (χ1) is 25.1. The minimum atomic E-state index is -1.23. The van der Waals surface area contributed by atoms with Crippen LogP contribution in [0.4, 0.5) is 5.69 Å². The number of nitrogens with zero attached hydrogens (tertiary/aromatic N) is 2. The molecule has 3 saturated heterocycles. The monoisotopic (exact) mass is 715 g/mol. The van der Waals surface area contributed by atoms with E-state index in [0.717, 1.165) is 16.8 Å². The summed E-state index contributed by atoms with van der Waals surface area (Å²) >= 11 is 0. The maximum absolute atomic E-state index is 15.0. The quantitative estimate of drug-likeness (QED) is 0.121. The van der Waals surface area contributed by atoms with Crippen LogP contribution in [0, 0.1) is 25.7 Å². The molecule has 0 radical (unpaired) electrons. The number of methoxy groups -OCH3 is 1. The molecule has 2 N–H and O–H groups in total. The summed E-state index contributed by atoms with van der Waals surface area (Å²) in [6.45, 7) is 12.1. The van der Waals surface area contributed by atoms with Gasteiger partial charge in [0.05, 0.1) is 30.6 Å². The number of likely N-dealkylation sites (tertiary alicyclic amines) is 1. The SMILES string of the molecule is C=CCCC(=O)N[C@@H](COC)[C@@H](OC(=O)[C@@H]1[C@H]2C(=O)N(CCCCCO)[C@H](C(=O)N(CC=C)c3c(C)cccc3C)[C@]23CC[C@H]1O3)c1ccccc1. The summed E-state index contributed by atoms with van der Waals surface area (Å²) in [7, 11) is 1.51. The van der Waals surface area contributed by atoms with Crippen molar-refractivity contribution in [1.82, 2.24) is 10.2 Å². The number of aryl methyl sites for hydroxylation is 2. The number of rotatable bonds is 19. The van der Waals surface area contributed by atoms with Crippen LogP contribution in [0.1, 0.15) is 67.7 Å². The van der Waals surface area contributed by atoms with Crippen LogP contribution >= 0.6 is 0 Å². The van der Waals surface area contributed by atoms with Crippen molar-refractivity contribution >= 4 is 29.4 Å². The van der Waals surface area contributed by atoms with Crippen LogP contribution in [0.5, 0.6) is 0 Å². The van der Waals surface area contributed by atoms with E-state index in [4.69, 9.17) is 14.2 Å². The van der Waals surface area contributed by atoms with E-state index >= 15 is 0 Å². The summed E-state index contributed by atoms with van der Waals surface area (Å²) in [4.78, 5) is 60.4. The number of hydrogen-bond donors (Lipinski definition) is 2. The molecule has 0 aromatic heterocycles. The zero-order valence-corrected chi connectivity index (χ0v) is 30.6. The van der Waals surface area contributed by atoms with Gasteiger partial charge in [0.1, 0.15) is 17.7 Å². The Labute approximate surface area is 307 Å². The van der Waals surface area contributed by atoms with Crippen molar-refractivity contribution in [1.29, 1.82) is 0 Å². The molecule has 2 aromatic rings. The lowest BCUT2D eigenvalue weighted by Gasteiger charge is -2.37. The number of unbranched alkanes of at least 4 members (excludes halogenated alkanes) is 2. The number of aliphatic hydroxyl groups excluding tert-OH is 1. The summed E-state index contributed by atoms with van der Waals surface area (Å²) in [5.41, 5.74) is 2.01. The van der Waals surface area contributed by atoms with Crippen LogP contribution in [-0.2, 0) is 33.4 Å². The fraction of sp³-hybridized carbons (Fsp3) is 0.512. The van der Waals surface area contributed by atoms with Crippen molar-refractivity contribution in [2.75, 3.05) is 38.3 Å². The zero-order chi connectivity index (χ0) is 37.4. The molecule has 3 aliphatic heterocycles. The highest BCUT2D eigenvalue weighted by Gasteiger charge is 2.75. The number of amides is 3. The first kappa shape index (κ1) is 38.9. The van der Waals surface area contributed by atoms with Gasteiger partial charge in [-0.3, -0.25) is 19.2 Å². The van der Waals surface area contributed by atoms with Crippen LogP contribution in [0.3, 0.4) is 0 Å². The molecule has 3 fully saturated rings. The van der Waals surface area contributed by atoms with E-state index in [0.29, 0.717) is 44.1 Å². The largest absolute Gasteiger partial charge is 0.455 e. The van der Waals surface area contributed by atoms with Gasteiger partial charge in [-0.1, -0.05) is 60.7 Å². The predicted molar refractivity (Wildman–Crippen MR) is 197 cm³/mol. The molecule has 0 unspecified atom stereocenters. The van der Waals surface area contributed by atoms with Gasteiger partial charge in [0.2, 0.25) is 11.8 Å². The Bertz CT molecular complexity index is 1590. The highest BCUT2D eigenvalue weighted by Crippen LogP contribution is 2.59. The Balaban J connectivity index is 1.51. The van der Waals surface area contributed by atoms with Crippen LogP contribution in [-0.4, -0.2) is 90.9 Å². The van der Waals surface area contributed by atoms with Crippen molar-refractivity contribution < 1.29 is 38.5 Å². The lowest BCUT2D eigenvalue weighted by molar-refractivity contribution is -0.163. The van der Waals surface area contributed by atoms with E-state index in [1.54, 1.807) is 22.0 Å². The summed E-state index contributed by atoms with van der Waals surface area (Å²) in [5.74, 6) is -3.35. The van der Waals surface area contributed by atoms with Gasteiger partial charge in [0.25, 0.3) is 5.91 Å². The normalized spacial score (nSPS) is 24.2. The number of esters is 1. The van der Waals surface area contributed by atoms with Crippen molar-refractivity contribution in [2.24, 2.45) is 11.8 Å². The van der Waals surface area contributed by atoms with E-state index in [-0.39, 0.29) is 50.4 Å². The number of fused-ring (bicyclic) bond motifs is 1. The highest BCUT2D eigenvalue weighted by atomic mass is 16.6. The van der Waals surface area contributed by atoms with Crippen LogP contribution in [0.25, 0.3) is 0 Å². The first-order valence-electron chi connectivity index (χ1n) is 18.4. The molecule has 0 saturated carbocycles. The summed E-state index contributed by atoms with van der Waals surface area (Å²) in [5, 5.41) is 12.4. The standard InChI is InChI=1S/C41H53N3O8/c1-6-8-20-32(46)42-30(26-50-5)36(29-18-11-9-12-19-29)51-40(49)33-31-21-22-41(52-31)34(33)38(47)44(24-13-10-14-25-45)37(41)39(48)43(23-7-2)35-27(3)16-15-17-28(35)4/h6-7,9,11-12,15-19,30-31,33-34,36-37,45H,1-2,8,10,13-14,20-26H2,3-5H3,(H,42,46)/t30-,31+,33-,34-,36-,37+,41-/m0/s1. The van der Waals surface area contributed by atoms with Crippen LogP contribution < -0.4 is 10.2 Å². The molecule has 3 amide bonds. The van der Waals surface area contributed by atoms with Gasteiger partial charge in [0, 0.05) is 38.9 Å². The smallest absolute Gasteiger partial charge is 0.313 e. The second-order valence-corrected chi connectivity index (χ2v) is 14.1. The third kappa shape index (κ3) is 7.72. The molecule has 0 aliphatic carbocycles. The maximum Gasteiger partial charge on any atom is 0.313 e. The second kappa shape index (κ2) is 17.5. The van der Waals surface area contributed by atoms with E-state index in [2.05, 4.69) is 18.5 Å². The minimum absolute atomic E-state index is 0.0304. The number of aliphatic hydroxyl groups is 1. The molecule has 11 nitrogen and oxygen atoms in total. The second-order valence-electron chi connectivity index (χ2n) is 14.1. The number of carbonyl (C=O) groups is 4. The van der Waals surface area contributed by atoms with Crippen molar-refractivity contribution in [3.05, 3.63) is 90.5 Å². The van der Waals surface area contributed by atoms with E-state index < -0.39 is 47.7 Å². The number of allylic oxidation sites excluding steroid dienone is 1. The van der Waals surface area contributed by atoms with Crippen molar-refractivity contribution in [2.45, 2.75) is 88.7 Å². The van der Waals surface area contributed by atoms with Gasteiger partial charge in [-0.05, 0) is 69.1 Å². The maximum atomic E-state index is 15.0. The van der Waals surface area contributed by atoms with Gasteiger partial charge in [0.15, 0.2) is 0 Å². The fourth-order valence-corrected chi connectivity index (χ4v) is 8.44. The predicted octanol–water partition coefficient (Wildman–Crippen LogP) is 4.74. The van der Waals surface area contributed by atoms with Crippen molar-refractivity contribution in [3.8, 4) is 0 Å². The minimum Gasteiger partial charge on any atom is -0.455 e. The number of carbonyl (C=O) groups excluding carboxylic acids is 4. The van der Waals surface area contributed by atoms with E-state index in [1.807, 2.05) is 62.4 Å². The Kier molecular flexibility index (Phi) is 13.1. The Morgan fingerprint density at radius 1 is 1.08 bits per heavy atom. The van der Waals surface area contributed by atoms with Gasteiger partial charge in [-0.15, -0.1) is 13.2 Å². The Hall–Kier alpha value is -4.32. The number of anilines is 1. The molecule has 3 heterocycles. The number of para-hydroxylation sites is 1. The molecule has 5 rings (SSSR count). The number of nitrogens with one attached hydrogen (secondary N) is 1. The third-order valence-electron chi connectivity index (χ3n) is 10.7. The average molecular weight is 716 g/mol. The number of benzene rings is 2. The van der Waals surface area contributed by atoms with Gasteiger partial charge in [-0.25, -0.2) is 0 Å². The average Bonchev–Trinajstić information content (AvgIpc) is 3.78. The lowest BCUT2D eigenvalue weighted by atomic mass is 9.70. The third-order valence-corrected chi connectivity index (χ3v) is 10.7. The van der Waals surface area contributed by atoms with Gasteiger partial charge in [-0.2, -0.15) is 0 Å². The Morgan fingerprint density at radius 3 is 2.46 bits per heavy atom. The molecular formula is C41H53N3O8. The molecule has 11 heteroatoms. The molecule has 3 aliphatic rings. The molecule has 1 spiro atoms. The number of hydrogen-bond acceptors (Lipinski definition) is 8. The summed E-state index contributed by atoms with van der Waals surface area (Å²) < 4.78 is 18.5. The summed E-state index contributed by atoms with van der Waals surface area (Å²) in [6, 6.07) is 13.3. The van der Waals surface area contributed by atoms with E-state index in [9.17, 15) is 24.3 Å². The molecule has 7 atom stereocenters. The van der Waals surface area contributed by atoms with Crippen molar-refractivity contribution in [3.63, 3.8) is 0 Å². The fourth-order valence-electron chi connectivity index (χ4n) is 8.44. The molecule has 280 valence electrons. The molecule has 52 heavy (non-hydrogen) atoms. The van der Waals surface area contributed by atoms with Crippen LogP contribution in [0.2, 0.25) is 0 Å². The topological polar surface area (TPSA) is 135 Å². The molecular weight excluding hydrogens is 662 g/mol. The van der Waals surface area contributed by atoms with E-state index in [1.165, 1.54) is 7.11 Å². The Morgan fingerprint density at radius 2 is 1.81 bits per heavy atom. The molecule has 2 aromatic carbocycles. The van der Waals surface area contributed by atoms with Gasteiger partial charge >= 0.3 is 5.97 Å². The van der Waals surface area contributed by atoms with Gasteiger partial charge < -0.3 is 34.4 Å². The highest BCUT2D eigenvalue weighted by molar-refractivity contribution is 6.05. The first-order valence-corrected chi connectivity index (χ1v) is 18.4. The summed E-state index contributed by atoms with van der Waals surface area (Å²) in [6.07, 6.45) is 5.21. The lowest BCUT2D eigenvalue weighted by Crippen LogP contribution is -2.56.